The van der Waals surface area contributed by atoms with Crippen LogP contribution in [-0.2, 0) is 21.4 Å². The molecule has 128 valence electrons. The highest BCUT2D eigenvalue weighted by atomic mass is 79.9. The number of sulfonamides is 1. The molecule has 0 bridgehead atoms. The number of nitrogens with zero attached hydrogens (tertiary/aromatic N) is 1. The molecular weight excluding hydrogens is 416 g/mol. The van der Waals surface area contributed by atoms with E-state index in [4.69, 9.17) is 11.6 Å². The lowest BCUT2D eigenvalue weighted by molar-refractivity contribution is -0.119. The minimum atomic E-state index is -3.59. The van der Waals surface area contributed by atoms with E-state index in [1.807, 2.05) is 6.07 Å². The second-order valence-electron chi connectivity index (χ2n) is 5.11. The van der Waals surface area contributed by atoms with E-state index in [1.165, 1.54) is 0 Å². The van der Waals surface area contributed by atoms with E-state index in [-0.39, 0.29) is 13.1 Å². The van der Waals surface area contributed by atoms with Gasteiger partial charge in [0.2, 0.25) is 15.9 Å². The summed E-state index contributed by atoms with van der Waals surface area (Å²) in [7, 11) is -3.59. The molecule has 0 heterocycles. The summed E-state index contributed by atoms with van der Waals surface area (Å²) in [5.41, 5.74) is 1.19. The van der Waals surface area contributed by atoms with Crippen molar-refractivity contribution in [2.75, 3.05) is 17.1 Å². The first kappa shape index (κ1) is 18.8. The zero-order valence-electron chi connectivity index (χ0n) is 12.9. The van der Waals surface area contributed by atoms with E-state index >= 15 is 0 Å². The Morgan fingerprint density at radius 1 is 1.17 bits per heavy atom. The minimum Gasteiger partial charge on any atom is -0.350 e. The maximum Gasteiger partial charge on any atom is 0.241 e. The van der Waals surface area contributed by atoms with Crippen LogP contribution < -0.4 is 9.62 Å². The molecule has 0 atom stereocenters. The summed E-state index contributed by atoms with van der Waals surface area (Å²) in [5.74, 6) is -0.414. The van der Waals surface area contributed by atoms with Crippen LogP contribution in [-0.4, -0.2) is 27.1 Å². The zero-order valence-corrected chi connectivity index (χ0v) is 16.0. The SMILES string of the molecule is CS(=O)(=O)N(CC(=O)NCc1ccccc1Cl)c1ccc(Br)cc1. The Hall–Kier alpha value is -1.57. The second kappa shape index (κ2) is 8.00. The molecule has 2 rings (SSSR count). The standard InChI is InChI=1S/C16H16BrClN2O3S/c1-24(22,23)20(14-8-6-13(17)7-9-14)11-16(21)19-10-12-4-2-3-5-15(12)18/h2-9H,10-11H2,1H3,(H,19,21). The molecule has 8 heteroatoms. The summed E-state index contributed by atoms with van der Waals surface area (Å²) < 4.78 is 25.9. The van der Waals surface area contributed by atoms with Crippen LogP contribution >= 0.6 is 27.5 Å². The molecule has 0 aliphatic carbocycles. The highest BCUT2D eigenvalue weighted by Gasteiger charge is 2.20. The summed E-state index contributed by atoms with van der Waals surface area (Å²) in [6.45, 7) is -0.0681. The predicted octanol–water partition coefficient (Wildman–Crippen LogP) is 3.18. The average Bonchev–Trinajstić information content (AvgIpc) is 2.52. The fraction of sp³-hybridized carbons (Fsp3) is 0.188. The highest BCUT2D eigenvalue weighted by Crippen LogP contribution is 2.20. The normalized spacial score (nSPS) is 11.1. The molecule has 0 unspecified atom stereocenters. The number of hydrogen-bond donors (Lipinski definition) is 1. The number of anilines is 1. The van der Waals surface area contributed by atoms with Crippen molar-refractivity contribution in [2.24, 2.45) is 0 Å². The average molecular weight is 432 g/mol. The first-order chi connectivity index (χ1) is 11.3. The minimum absolute atomic E-state index is 0.233. The third-order valence-electron chi connectivity index (χ3n) is 3.24. The second-order valence-corrected chi connectivity index (χ2v) is 8.34. The van der Waals surface area contributed by atoms with Crippen LogP contribution in [0.25, 0.3) is 0 Å². The third-order valence-corrected chi connectivity index (χ3v) is 5.27. The van der Waals surface area contributed by atoms with Crippen LogP contribution in [0.5, 0.6) is 0 Å². The van der Waals surface area contributed by atoms with Gasteiger partial charge in [0.05, 0.1) is 11.9 Å². The van der Waals surface area contributed by atoms with Crippen molar-refractivity contribution < 1.29 is 13.2 Å². The van der Waals surface area contributed by atoms with Crippen molar-refractivity contribution in [3.63, 3.8) is 0 Å². The Kier molecular flexibility index (Phi) is 6.26. The van der Waals surface area contributed by atoms with Crippen LogP contribution in [0.4, 0.5) is 5.69 Å². The van der Waals surface area contributed by atoms with E-state index in [1.54, 1.807) is 42.5 Å². The van der Waals surface area contributed by atoms with Crippen LogP contribution in [0.3, 0.4) is 0 Å². The smallest absolute Gasteiger partial charge is 0.241 e. The van der Waals surface area contributed by atoms with Crippen molar-refractivity contribution in [1.82, 2.24) is 5.32 Å². The molecule has 24 heavy (non-hydrogen) atoms. The molecule has 0 aromatic heterocycles. The van der Waals surface area contributed by atoms with Gasteiger partial charge in [0, 0.05) is 16.0 Å². The van der Waals surface area contributed by atoms with Gasteiger partial charge >= 0.3 is 0 Å². The van der Waals surface area contributed by atoms with Crippen molar-refractivity contribution in [1.29, 1.82) is 0 Å². The van der Waals surface area contributed by atoms with Crippen LogP contribution in [0, 0.1) is 0 Å². The van der Waals surface area contributed by atoms with E-state index in [9.17, 15) is 13.2 Å². The number of benzene rings is 2. The summed E-state index contributed by atoms with van der Waals surface area (Å²) in [5, 5.41) is 3.23. The van der Waals surface area contributed by atoms with Crippen LogP contribution in [0.15, 0.2) is 53.0 Å². The maximum atomic E-state index is 12.2. The summed E-state index contributed by atoms with van der Waals surface area (Å²) in [6.07, 6.45) is 1.07. The number of hydrogen-bond acceptors (Lipinski definition) is 3. The molecule has 0 saturated carbocycles. The molecule has 5 nitrogen and oxygen atoms in total. The number of carbonyl (C=O) groups excluding carboxylic acids is 1. The van der Waals surface area contributed by atoms with Crippen LogP contribution in [0.1, 0.15) is 5.56 Å². The van der Waals surface area contributed by atoms with Gasteiger partial charge in [-0.25, -0.2) is 8.42 Å². The monoisotopic (exact) mass is 430 g/mol. The molecule has 0 saturated heterocycles. The number of amides is 1. The van der Waals surface area contributed by atoms with Gasteiger partial charge in [0.15, 0.2) is 0 Å². The Balaban J connectivity index is 2.08. The summed E-state index contributed by atoms with van der Waals surface area (Å²) in [4.78, 5) is 12.2. The Morgan fingerprint density at radius 2 is 1.79 bits per heavy atom. The fourth-order valence-corrected chi connectivity index (χ4v) is 3.35. The lowest BCUT2D eigenvalue weighted by atomic mass is 10.2. The quantitative estimate of drug-likeness (QED) is 0.764. The lowest BCUT2D eigenvalue weighted by Crippen LogP contribution is -2.40. The first-order valence-electron chi connectivity index (χ1n) is 7.01. The maximum absolute atomic E-state index is 12.2. The van der Waals surface area contributed by atoms with Crippen molar-refractivity contribution in [3.05, 3.63) is 63.6 Å². The zero-order chi connectivity index (χ0) is 17.7. The molecule has 2 aromatic carbocycles. The van der Waals surface area contributed by atoms with E-state index in [2.05, 4.69) is 21.2 Å². The molecule has 0 fully saturated rings. The summed E-state index contributed by atoms with van der Waals surface area (Å²) in [6, 6.07) is 13.8. The van der Waals surface area contributed by atoms with Gasteiger partial charge in [0.1, 0.15) is 6.54 Å². The molecular formula is C16H16BrClN2O3S. The van der Waals surface area contributed by atoms with Gasteiger partial charge in [-0.1, -0.05) is 45.7 Å². The predicted molar refractivity (Wildman–Crippen MR) is 99.6 cm³/mol. The van der Waals surface area contributed by atoms with Gasteiger partial charge < -0.3 is 5.32 Å². The largest absolute Gasteiger partial charge is 0.350 e. The van der Waals surface area contributed by atoms with E-state index in [0.717, 1.165) is 20.6 Å². The Morgan fingerprint density at radius 3 is 2.38 bits per heavy atom. The van der Waals surface area contributed by atoms with Crippen molar-refractivity contribution >= 4 is 49.1 Å². The van der Waals surface area contributed by atoms with Gasteiger partial charge in [-0.2, -0.15) is 0 Å². The van der Waals surface area contributed by atoms with Crippen molar-refractivity contribution in [3.8, 4) is 0 Å². The van der Waals surface area contributed by atoms with Crippen LogP contribution in [0.2, 0.25) is 5.02 Å². The molecule has 0 radical (unpaired) electrons. The highest BCUT2D eigenvalue weighted by molar-refractivity contribution is 9.10. The molecule has 0 aliphatic rings. The first-order valence-corrected chi connectivity index (χ1v) is 10.0. The third kappa shape index (κ3) is 5.22. The molecule has 0 aliphatic heterocycles. The number of halogens is 2. The van der Waals surface area contributed by atoms with E-state index in [0.29, 0.717) is 10.7 Å². The number of carbonyl (C=O) groups is 1. The van der Waals surface area contributed by atoms with Crippen molar-refractivity contribution in [2.45, 2.75) is 6.54 Å². The Labute approximate surface area is 154 Å². The molecule has 1 N–H and O–H groups in total. The molecule has 1 amide bonds. The van der Waals surface area contributed by atoms with E-state index < -0.39 is 15.9 Å². The Bertz CT molecular complexity index is 825. The number of rotatable bonds is 6. The fourth-order valence-electron chi connectivity index (χ4n) is 2.03. The molecule has 2 aromatic rings. The van der Waals surface area contributed by atoms with Gasteiger partial charge in [-0.05, 0) is 35.9 Å². The topological polar surface area (TPSA) is 66.5 Å². The van der Waals surface area contributed by atoms with Gasteiger partial charge in [0.25, 0.3) is 0 Å². The summed E-state index contributed by atoms with van der Waals surface area (Å²) >= 11 is 9.33. The van der Waals surface area contributed by atoms with Gasteiger partial charge in [-0.15, -0.1) is 0 Å². The molecule has 0 spiro atoms. The lowest BCUT2D eigenvalue weighted by Gasteiger charge is -2.22. The number of nitrogens with one attached hydrogen (secondary N) is 1. The van der Waals surface area contributed by atoms with Gasteiger partial charge in [-0.3, -0.25) is 9.10 Å².